The summed E-state index contributed by atoms with van der Waals surface area (Å²) in [5.74, 6) is -0.200. The molecule has 1 unspecified atom stereocenters. The SMILES string of the molecule is Cc1ccc(C(C)n2c(=S)[nH]c3cc(Cl)ccc32)cc1F. The van der Waals surface area contributed by atoms with Crippen molar-refractivity contribution in [2.24, 2.45) is 0 Å². The van der Waals surface area contributed by atoms with E-state index in [2.05, 4.69) is 4.98 Å². The second-order valence-electron chi connectivity index (χ2n) is 5.15. The van der Waals surface area contributed by atoms with Gasteiger partial charge in [0.25, 0.3) is 0 Å². The maximum absolute atomic E-state index is 13.8. The van der Waals surface area contributed by atoms with Crippen LogP contribution in [0.25, 0.3) is 11.0 Å². The van der Waals surface area contributed by atoms with Crippen LogP contribution in [0.3, 0.4) is 0 Å². The van der Waals surface area contributed by atoms with E-state index in [-0.39, 0.29) is 11.9 Å². The van der Waals surface area contributed by atoms with Crippen molar-refractivity contribution in [3.05, 3.63) is 63.1 Å². The van der Waals surface area contributed by atoms with E-state index in [1.807, 2.05) is 35.8 Å². The molecule has 108 valence electrons. The molecule has 3 rings (SSSR count). The highest BCUT2D eigenvalue weighted by Gasteiger charge is 2.14. The number of fused-ring (bicyclic) bond motifs is 1. The van der Waals surface area contributed by atoms with Gasteiger partial charge in [0.2, 0.25) is 0 Å². The molecular formula is C16H14ClFN2S. The molecular weight excluding hydrogens is 307 g/mol. The molecule has 1 N–H and O–H groups in total. The van der Waals surface area contributed by atoms with Gasteiger partial charge < -0.3 is 9.55 Å². The monoisotopic (exact) mass is 320 g/mol. The number of hydrogen-bond acceptors (Lipinski definition) is 1. The predicted molar refractivity (Wildman–Crippen MR) is 87.1 cm³/mol. The Bertz CT molecular complexity index is 882. The molecule has 0 saturated heterocycles. The van der Waals surface area contributed by atoms with Gasteiger partial charge in [-0.2, -0.15) is 0 Å². The summed E-state index contributed by atoms with van der Waals surface area (Å²) in [6, 6.07) is 10.8. The van der Waals surface area contributed by atoms with Crippen LogP contribution in [0.15, 0.2) is 36.4 Å². The summed E-state index contributed by atoms with van der Waals surface area (Å²) in [7, 11) is 0. The van der Waals surface area contributed by atoms with Crippen molar-refractivity contribution < 1.29 is 4.39 Å². The van der Waals surface area contributed by atoms with Crippen molar-refractivity contribution in [1.29, 1.82) is 0 Å². The number of benzene rings is 2. The normalized spacial score (nSPS) is 12.8. The summed E-state index contributed by atoms with van der Waals surface area (Å²) in [4.78, 5) is 3.14. The molecule has 0 fully saturated rings. The quantitative estimate of drug-likeness (QED) is 0.626. The minimum atomic E-state index is -0.200. The highest BCUT2D eigenvalue weighted by atomic mass is 35.5. The van der Waals surface area contributed by atoms with E-state index >= 15 is 0 Å². The molecule has 0 amide bonds. The zero-order valence-corrected chi connectivity index (χ0v) is 13.2. The number of rotatable bonds is 2. The third-order valence-corrected chi connectivity index (χ3v) is 4.28. The summed E-state index contributed by atoms with van der Waals surface area (Å²) in [5, 5.41) is 0.653. The molecule has 2 nitrogen and oxygen atoms in total. The van der Waals surface area contributed by atoms with Gasteiger partial charge in [0.1, 0.15) is 5.82 Å². The number of aryl methyl sites for hydroxylation is 1. The van der Waals surface area contributed by atoms with Gasteiger partial charge in [-0.3, -0.25) is 0 Å². The minimum Gasteiger partial charge on any atom is -0.331 e. The van der Waals surface area contributed by atoms with Crippen molar-refractivity contribution in [2.75, 3.05) is 0 Å². The van der Waals surface area contributed by atoms with Gasteiger partial charge in [0.15, 0.2) is 4.77 Å². The number of halogens is 2. The molecule has 21 heavy (non-hydrogen) atoms. The fraction of sp³-hybridized carbons (Fsp3) is 0.188. The van der Waals surface area contributed by atoms with Crippen LogP contribution in [-0.4, -0.2) is 9.55 Å². The number of nitrogens with zero attached hydrogens (tertiary/aromatic N) is 1. The molecule has 1 heterocycles. The van der Waals surface area contributed by atoms with Gasteiger partial charge in [0, 0.05) is 5.02 Å². The molecule has 0 saturated carbocycles. The average Bonchev–Trinajstić information content (AvgIpc) is 2.76. The fourth-order valence-corrected chi connectivity index (χ4v) is 3.04. The number of imidazole rings is 1. The first-order valence-corrected chi connectivity index (χ1v) is 7.42. The third-order valence-electron chi connectivity index (χ3n) is 3.74. The number of aromatic amines is 1. The topological polar surface area (TPSA) is 20.7 Å². The van der Waals surface area contributed by atoms with Crippen molar-refractivity contribution in [2.45, 2.75) is 19.9 Å². The number of hydrogen-bond donors (Lipinski definition) is 1. The van der Waals surface area contributed by atoms with Gasteiger partial charge >= 0.3 is 0 Å². The van der Waals surface area contributed by atoms with Crippen LogP contribution in [0.5, 0.6) is 0 Å². The van der Waals surface area contributed by atoms with Crippen molar-refractivity contribution in [3.63, 3.8) is 0 Å². The molecule has 0 aliphatic carbocycles. The zero-order chi connectivity index (χ0) is 15.1. The van der Waals surface area contributed by atoms with Gasteiger partial charge in [-0.1, -0.05) is 23.7 Å². The lowest BCUT2D eigenvalue weighted by molar-refractivity contribution is 0.600. The predicted octanol–water partition coefficient (Wildman–Crippen LogP) is 5.41. The van der Waals surface area contributed by atoms with E-state index in [1.54, 1.807) is 19.1 Å². The Hall–Kier alpha value is -1.65. The second-order valence-corrected chi connectivity index (χ2v) is 5.97. The number of aromatic nitrogens is 2. The molecule has 3 aromatic rings. The van der Waals surface area contributed by atoms with E-state index in [0.29, 0.717) is 15.4 Å². The first kappa shape index (κ1) is 14.3. The maximum Gasteiger partial charge on any atom is 0.178 e. The molecule has 0 spiro atoms. The summed E-state index contributed by atoms with van der Waals surface area (Å²) in [6.07, 6.45) is 0. The lowest BCUT2D eigenvalue weighted by Gasteiger charge is -2.16. The van der Waals surface area contributed by atoms with Crippen LogP contribution < -0.4 is 0 Å². The molecule has 0 bridgehead atoms. The van der Waals surface area contributed by atoms with Gasteiger partial charge in [-0.25, -0.2) is 4.39 Å². The maximum atomic E-state index is 13.8. The van der Waals surface area contributed by atoms with Crippen LogP contribution in [-0.2, 0) is 0 Å². The van der Waals surface area contributed by atoms with Crippen LogP contribution in [0.4, 0.5) is 4.39 Å². The standard InChI is InChI=1S/C16H14ClFN2S/c1-9-3-4-11(7-13(9)18)10(2)20-15-6-5-12(17)8-14(15)19-16(20)21/h3-8,10H,1-2H3,(H,19,21). The zero-order valence-electron chi connectivity index (χ0n) is 11.7. The second kappa shape index (κ2) is 5.28. The Kier molecular flexibility index (Phi) is 3.59. The van der Waals surface area contributed by atoms with Crippen LogP contribution in [0.2, 0.25) is 5.02 Å². The lowest BCUT2D eigenvalue weighted by atomic mass is 10.1. The molecule has 1 atom stereocenters. The molecule has 0 radical (unpaired) electrons. The highest BCUT2D eigenvalue weighted by Crippen LogP contribution is 2.27. The first-order chi connectivity index (χ1) is 9.97. The molecule has 5 heteroatoms. The Morgan fingerprint density at radius 3 is 2.71 bits per heavy atom. The van der Waals surface area contributed by atoms with E-state index in [4.69, 9.17) is 23.8 Å². The Labute approximate surface area is 132 Å². The molecule has 0 aliphatic heterocycles. The summed E-state index contributed by atoms with van der Waals surface area (Å²) in [6.45, 7) is 3.75. The Morgan fingerprint density at radius 2 is 2.00 bits per heavy atom. The first-order valence-electron chi connectivity index (χ1n) is 6.63. The largest absolute Gasteiger partial charge is 0.331 e. The van der Waals surface area contributed by atoms with Gasteiger partial charge in [0.05, 0.1) is 17.1 Å². The van der Waals surface area contributed by atoms with Crippen molar-refractivity contribution in [3.8, 4) is 0 Å². The Balaban J connectivity index is 2.17. The summed E-state index contributed by atoms with van der Waals surface area (Å²) >= 11 is 11.4. The smallest absolute Gasteiger partial charge is 0.178 e. The minimum absolute atomic E-state index is 0.0671. The van der Waals surface area contributed by atoms with E-state index in [9.17, 15) is 4.39 Å². The molecule has 1 aromatic heterocycles. The van der Waals surface area contributed by atoms with E-state index in [0.717, 1.165) is 16.6 Å². The van der Waals surface area contributed by atoms with Crippen molar-refractivity contribution >= 4 is 34.9 Å². The summed E-state index contributed by atoms with van der Waals surface area (Å²) in [5.41, 5.74) is 3.36. The lowest BCUT2D eigenvalue weighted by Crippen LogP contribution is -2.07. The number of nitrogens with one attached hydrogen (secondary N) is 1. The average molecular weight is 321 g/mol. The van der Waals surface area contributed by atoms with Gasteiger partial charge in [-0.15, -0.1) is 0 Å². The molecule has 2 aromatic carbocycles. The molecule has 0 aliphatic rings. The van der Waals surface area contributed by atoms with E-state index < -0.39 is 0 Å². The third kappa shape index (κ3) is 2.49. The van der Waals surface area contributed by atoms with E-state index in [1.165, 1.54) is 0 Å². The number of H-pyrrole nitrogens is 1. The Morgan fingerprint density at radius 1 is 1.24 bits per heavy atom. The van der Waals surface area contributed by atoms with Crippen molar-refractivity contribution in [1.82, 2.24) is 9.55 Å². The van der Waals surface area contributed by atoms with Crippen LogP contribution in [0.1, 0.15) is 24.1 Å². The van der Waals surface area contributed by atoms with Crippen LogP contribution in [0, 0.1) is 17.5 Å². The fourth-order valence-electron chi connectivity index (χ4n) is 2.51. The summed E-state index contributed by atoms with van der Waals surface area (Å²) < 4.78 is 16.4. The van der Waals surface area contributed by atoms with Crippen LogP contribution >= 0.6 is 23.8 Å². The van der Waals surface area contributed by atoms with Gasteiger partial charge in [-0.05, 0) is 61.5 Å². The highest BCUT2D eigenvalue weighted by molar-refractivity contribution is 7.71.